The maximum Gasteiger partial charge on any atom is 0.254 e. The summed E-state index contributed by atoms with van der Waals surface area (Å²) in [6.45, 7) is 1.71. The molecule has 7 nitrogen and oxygen atoms in total. The van der Waals surface area contributed by atoms with Crippen molar-refractivity contribution >= 4 is 5.91 Å². The average Bonchev–Trinajstić information content (AvgIpc) is 3.09. The number of morpholine rings is 1. The predicted octanol–water partition coefficient (Wildman–Crippen LogP) is 1.61. The number of aromatic nitrogens is 2. The van der Waals surface area contributed by atoms with Crippen LogP contribution < -0.4 is 4.74 Å². The van der Waals surface area contributed by atoms with Gasteiger partial charge < -0.3 is 18.9 Å². The lowest BCUT2D eigenvalue weighted by Crippen LogP contribution is -2.42. The zero-order valence-corrected chi connectivity index (χ0v) is 13.0. The highest BCUT2D eigenvalue weighted by Crippen LogP contribution is 2.22. The van der Waals surface area contributed by atoms with Crippen molar-refractivity contribution in [1.29, 1.82) is 0 Å². The van der Waals surface area contributed by atoms with E-state index in [4.69, 9.17) is 14.0 Å². The molecule has 3 heterocycles. The van der Waals surface area contributed by atoms with E-state index in [-0.39, 0.29) is 12.0 Å². The Morgan fingerprint density at radius 1 is 1.43 bits per heavy atom. The minimum atomic E-state index is -0.0962. The van der Waals surface area contributed by atoms with Crippen LogP contribution in [-0.2, 0) is 16.0 Å². The number of pyridine rings is 1. The molecular weight excluding hydrogens is 298 g/mol. The first-order valence-corrected chi connectivity index (χ1v) is 7.55. The number of carbonyl (C=O) groups excluding carboxylic acids is 1. The van der Waals surface area contributed by atoms with Crippen molar-refractivity contribution in [1.82, 2.24) is 15.0 Å². The molecule has 1 fully saturated rings. The average molecular weight is 317 g/mol. The second-order valence-electron chi connectivity index (χ2n) is 5.32. The van der Waals surface area contributed by atoms with E-state index >= 15 is 0 Å². The molecule has 0 radical (unpaired) electrons. The maximum absolute atomic E-state index is 12.4. The van der Waals surface area contributed by atoms with Crippen LogP contribution in [0.2, 0.25) is 0 Å². The molecule has 2 aromatic heterocycles. The van der Waals surface area contributed by atoms with Crippen LogP contribution in [0.4, 0.5) is 0 Å². The van der Waals surface area contributed by atoms with Crippen LogP contribution in [0.25, 0.3) is 0 Å². The molecule has 7 heteroatoms. The first-order valence-electron chi connectivity index (χ1n) is 7.55. The summed E-state index contributed by atoms with van der Waals surface area (Å²) in [5.74, 6) is 1.16. The smallest absolute Gasteiger partial charge is 0.254 e. The standard InChI is InChI=1S/C16H19N3O4/c1-21-15-10-13(23-18-15)2-3-16(20)19-8-9-22-14(11-19)12-4-6-17-7-5-12/h4-7,10,14H,2-3,8-9,11H2,1H3/t14-/m0/s1. The third-order valence-electron chi connectivity index (χ3n) is 3.83. The maximum atomic E-state index is 12.4. The van der Waals surface area contributed by atoms with Crippen molar-refractivity contribution in [2.45, 2.75) is 18.9 Å². The van der Waals surface area contributed by atoms with E-state index in [0.717, 1.165) is 5.56 Å². The lowest BCUT2D eigenvalue weighted by atomic mass is 10.1. The molecule has 1 aliphatic heterocycles. The SMILES string of the molecule is COc1cc(CCC(=O)N2CCO[C@H](c3ccncc3)C2)on1. The number of rotatable bonds is 5. The molecule has 0 unspecified atom stereocenters. The van der Waals surface area contributed by atoms with E-state index in [1.54, 1.807) is 18.5 Å². The zero-order chi connectivity index (χ0) is 16.1. The number of methoxy groups -OCH3 is 1. The molecule has 0 aromatic carbocycles. The van der Waals surface area contributed by atoms with Gasteiger partial charge in [0.25, 0.3) is 5.88 Å². The van der Waals surface area contributed by atoms with Gasteiger partial charge in [0.15, 0.2) is 0 Å². The topological polar surface area (TPSA) is 77.7 Å². The number of aryl methyl sites for hydroxylation is 1. The van der Waals surface area contributed by atoms with Crippen LogP contribution in [0.15, 0.2) is 35.1 Å². The monoisotopic (exact) mass is 317 g/mol. The third kappa shape index (κ3) is 3.87. The van der Waals surface area contributed by atoms with E-state index in [2.05, 4.69) is 10.1 Å². The number of hydrogen-bond acceptors (Lipinski definition) is 6. The van der Waals surface area contributed by atoms with Gasteiger partial charge in [-0.3, -0.25) is 9.78 Å². The minimum absolute atomic E-state index is 0.0859. The normalized spacial score (nSPS) is 18.0. The van der Waals surface area contributed by atoms with Crippen LogP contribution in [0.5, 0.6) is 5.88 Å². The summed E-state index contributed by atoms with van der Waals surface area (Å²) in [6, 6.07) is 5.53. The Balaban J connectivity index is 1.54. The number of carbonyl (C=O) groups is 1. The molecule has 2 aromatic rings. The van der Waals surface area contributed by atoms with E-state index in [0.29, 0.717) is 44.2 Å². The summed E-state index contributed by atoms with van der Waals surface area (Å²) in [5.41, 5.74) is 1.04. The van der Waals surface area contributed by atoms with Crippen molar-refractivity contribution < 1.29 is 18.8 Å². The van der Waals surface area contributed by atoms with Gasteiger partial charge in [0, 0.05) is 37.8 Å². The van der Waals surface area contributed by atoms with Gasteiger partial charge in [-0.05, 0) is 22.9 Å². The molecule has 0 N–H and O–H groups in total. The van der Waals surface area contributed by atoms with Crippen LogP contribution in [0.3, 0.4) is 0 Å². The number of nitrogens with zero attached hydrogens (tertiary/aromatic N) is 3. The first kappa shape index (κ1) is 15.5. The number of hydrogen-bond donors (Lipinski definition) is 0. The van der Waals surface area contributed by atoms with Gasteiger partial charge in [-0.2, -0.15) is 0 Å². The summed E-state index contributed by atoms with van der Waals surface area (Å²) in [6.07, 6.45) is 4.25. The van der Waals surface area contributed by atoms with Gasteiger partial charge in [-0.25, -0.2) is 0 Å². The van der Waals surface area contributed by atoms with Crippen LogP contribution >= 0.6 is 0 Å². The predicted molar refractivity (Wildman–Crippen MR) is 80.9 cm³/mol. The molecule has 1 saturated heterocycles. The molecule has 0 aliphatic carbocycles. The highest BCUT2D eigenvalue weighted by molar-refractivity contribution is 5.76. The highest BCUT2D eigenvalue weighted by atomic mass is 16.5. The fourth-order valence-electron chi connectivity index (χ4n) is 2.55. The lowest BCUT2D eigenvalue weighted by molar-refractivity contribution is -0.139. The van der Waals surface area contributed by atoms with Crippen molar-refractivity contribution in [3.63, 3.8) is 0 Å². The molecule has 1 atom stereocenters. The van der Waals surface area contributed by atoms with Gasteiger partial charge >= 0.3 is 0 Å². The molecule has 122 valence electrons. The Morgan fingerprint density at radius 2 is 2.26 bits per heavy atom. The summed E-state index contributed by atoms with van der Waals surface area (Å²) < 4.78 is 15.8. The Morgan fingerprint density at radius 3 is 3.00 bits per heavy atom. The van der Waals surface area contributed by atoms with E-state index < -0.39 is 0 Å². The van der Waals surface area contributed by atoms with Crippen molar-refractivity contribution in [3.8, 4) is 5.88 Å². The molecule has 0 spiro atoms. The van der Waals surface area contributed by atoms with Crippen LogP contribution in [-0.4, -0.2) is 47.8 Å². The molecule has 0 bridgehead atoms. The van der Waals surface area contributed by atoms with Gasteiger partial charge in [0.2, 0.25) is 5.91 Å². The van der Waals surface area contributed by atoms with Gasteiger partial charge in [-0.1, -0.05) is 0 Å². The number of amides is 1. The Bertz CT molecular complexity index is 644. The zero-order valence-electron chi connectivity index (χ0n) is 13.0. The quantitative estimate of drug-likeness (QED) is 0.834. The van der Waals surface area contributed by atoms with Gasteiger partial charge in [-0.15, -0.1) is 0 Å². The number of ether oxygens (including phenoxy) is 2. The van der Waals surface area contributed by atoms with Gasteiger partial charge in [0.05, 0.1) is 20.3 Å². The Hall–Kier alpha value is -2.41. The van der Waals surface area contributed by atoms with Crippen molar-refractivity contribution in [2.24, 2.45) is 0 Å². The first-order chi connectivity index (χ1) is 11.3. The molecule has 1 amide bonds. The lowest BCUT2D eigenvalue weighted by Gasteiger charge is -2.33. The second kappa shape index (κ2) is 7.23. The molecule has 0 saturated carbocycles. The highest BCUT2D eigenvalue weighted by Gasteiger charge is 2.25. The summed E-state index contributed by atoms with van der Waals surface area (Å²) in [4.78, 5) is 18.2. The summed E-state index contributed by atoms with van der Waals surface area (Å²) >= 11 is 0. The van der Waals surface area contributed by atoms with Crippen LogP contribution in [0.1, 0.15) is 23.8 Å². The second-order valence-corrected chi connectivity index (χ2v) is 5.32. The van der Waals surface area contributed by atoms with Gasteiger partial charge in [0.1, 0.15) is 11.9 Å². The molecule has 23 heavy (non-hydrogen) atoms. The summed E-state index contributed by atoms with van der Waals surface area (Å²) in [7, 11) is 1.53. The third-order valence-corrected chi connectivity index (χ3v) is 3.83. The molecule has 3 rings (SSSR count). The Kier molecular flexibility index (Phi) is 4.87. The van der Waals surface area contributed by atoms with E-state index in [9.17, 15) is 4.79 Å². The van der Waals surface area contributed by atoms with E-state index in [1.807, 2.05) is 17.0 Å². The fourth-order valence-corrected chi connectivity index (χ4v) is 2.55. The summed E-state index contributed by atoms with van der Waals surface area (Å²) in [5, 5.41) is 3.73. The van der Waals surface area contributed by atoms with E-state index in [1.165, 1.54) is 7.11 Å². The molecule has 1 aliphatic rings. The fraction of sp³-hybridized carbons (Fsp3) is 0.438. The van der Waals surface area contributed by atoms with Crippen molar-refractivity contribution in [3.05, 3.63) is 41.9 Å². The Labute approximate surface area is 134 Å². The largest absolute Gasteiger partial charge is 0.479 e. The van der Waals surface area contributed by atoms with Crippen LogP contribution in [0, 0.1) is 0 Å². The van der Waals surface area contributed by atoms with Crippen molar-refractivity contribution in [2.75, 3.05) is 26.8 Å². The molecular formula is C16H19N3O4. The minimum Gasteiger partial charge on any atom is -0.479 e.